The summed E-state index contributed by atoms with van der Waals surface area (Å²) in [4.78, 5) is 4.24. The first-order valence-electron chi connectivity index (χ1n) is 15.5. The molecule has 4 aliphatic carbocycles. The highest BCUT2D eigenvalue weighted by Crippen LogP contribution is 2.57. The summed E-state index contributed by atoms with van der Waals surface area (Å²) < 4.78 is 2.62. The Balaban J connectivity index is 1.23. The zero-order valence-electron chi connectivity index (χ0n) is 24.5. The van der Waals surface area contributed by atoms with Crippen LogP contribution in [0, 0.1) is 17.2 Å². The molecule has 1 aliphatic heterocycles. The highest BCUT2D eigenvalue weighted by Gasteiger charge is 2.42. The van der Waals surface area contributed by atoms with Gasteiger partial charge in [0, 0.05) is 46.1 Å². The molecule has 1 atom stereocenters. The van der Waals surface area contributed by atoms with Gasteiger partial charge in [-0.05, 0) is 96.1 Å². The summed E-state index contributed by atoms with van der Waals surface area (Å²) in [7, 11) is 0. The minimum atomic E-state index is -0.0156. The molecule has 0 bridgehead atoms. The van der Waals surface area contributed by atoms with E-state index in [4.69, 9.17) is 0 Å². The number of para-hydroxylation sites is 1. The summed E-state index contributed by atoms with van der Waals surface area (Å²) >= 11 is 0. The maximum absolute atomic E-state index is 9.70. The molecule has 0 amide bonds. The van der Waals surface area contributed by atoms with Crippen molar-refractivity contribution in [3.63, 3.8) is 0 Å². The van der Waals surface area contributed by atoms with E-state index in [1.807, 2.05) is 6.21 Å². The van der Waals surface area contributed by atoms with Gasteiger partial charge in [-0.25, -0.2) is 0 Å². The second-order valence-corrected chi connectivity index (χ2v) is 12.8. The monoisotopic (exact) mass is 545 g/mol. The summed E-state index contributed by atoms with van der Waals surface area (Å²) in [6.45, 7) is 4.84. The number of rotatable bonds is 3. The number of nitrogens with zero attached hydrogens (tertiary/aromatic N) is 3. The lowest BCUT2D eigenvalue weighted by molar-refractivity contribution is 0.700. The molecule has 3 heteroatoms. The molecule has 3 nitrogen and oxygen atoms in total. The van der Waals surface area contributed by atoms with Gasteiger partial charge >= 0.3 is 0 Å². The molecule has 0 fully saturated rings. The minimum absolute atomic E-state index is 0.0156. The van der Waals surface area contributed by atoms with Gasteiger partial charge in [-0.15, -0.1) is 0 Å². The largest absolute Gasteiger partial charge is 0.317 e. The Morgan fingerprint density at radius 2 is 1.76 bits per heavy atom. The van der Waals surface area contributed by atoms with Crippen LogP contribution in [0.25, 0.3) is 27.7 Å². The normalized spacial score (nSPS) is 22.3. The number of hydrogen-bond donors (Lipinski definition) is 0. The fourth-order valence-corrected chi connectivity index (χ4v) is 8.26. The van der Waals surface area contributed by atoms with Crippen molar-refractivity contribution in [1.82, 2.24) is 4.57 Å². The Morgan fingerprint density at radius 3 is 2.67 bits per heavy atom. The van der Waals surface area contributed by atoms with E-state index in [1.54, 1.807) is 11.8 Å². The smallest absolute Gasteiger partial charge is 0.0969 e. The van der Waals surface area contributed by atoms with Gasteiger partial charge in [0.15, 0.2) is 0 Å². The van der Waals surface area contributed by atoms with Gasteiger partial charge in [-0.1, -0.05) is 74.5 Å². The average Bonchev–Trinajstić information content (AvgIpc) is 3.50. The highest BCUT2D eigenvalue weighted by atomic mass is 15.0. The molecule has 0 radical (unpaired) electrons. The van der Waals surface area contributed by atoms with Gasteiger partial charge in [-0.3, -0.25) is 4.99 Å². The average molecular weight is 546 g/mol. The zero-order chi connectivity index (χ0) is 28.4. The Kier molecular flexibility index (Phi) is 5.76. The fourth-order valence-electron chi connectivity index (χ4n) is 8.26. The number of aromatic nitrogens is 1. The predicted octanol–water partition coefficient (Wildman–Crippen LogP) is 9.50. The molecule has 3 aromatic rings. The standard InChI is InChI=1S/C39H35N3/c1-39(2)34-15-5-3-13-31(34)32-17-18-36-37(38(32)39)33-14-4-6-16-35(33)42(36)29-12-8-10-26(22-29)25-9-7-11-27(21-25)30-19-20-41-24-28(30)23-40/h3-6,10-11,13-16,20-22,24,30H,7-9,12,17-19H2,1-2H3. The van der Waals surface area contributed by atoms with Crippen molar-refractivity contribution >= 4 is 34.0 Å². The third-order valence-corrected chi connectivity index (χ3v) is 10.1. The molecule has 2 aromatic carbocycles. The third-order valence-electron chi connectivity index (χ3n) is 10.1. The van der Waals surface area contributed by atoms with Crippen molar-refractivity contribution in [3.05, 3.63) is 124 Å². The lowest BCUT2D eigenvalue weighted by Crippen LogP contribution is -2.19. The van der Waals surface area contributed by atoms with Crippen LogP contribution in [0.2, 0.25) is 0 Å². The van der Waals surface area contributed by atoms with E-state index in [-0.39, 0.29) is 11.3 Å². The first-order chi connectivity index (χ1) is 20.6. The number of hydrogen-bond acceptors (Lipinski definition) is 2. The van der Waals surface area contributed by atoms with Gasteiger partial charge in [-0.2, -0.15) is 5.26 Å². The van der Waals surface area contributed by atoms with Crippen LogP contribution in [0.15, 0.2) is 106 Å². The molecule has 206 valence electrons. The van der Waals surface area contributed by atoms with Crippen LogP contribution < -0.4 is 0 Å². The zero-order valence-corrected chi connectivity index (χ0v) is 24.5. The molecule has 0 saturated heterocycles. The van der Waals surface area contributed by atoms with E-state index < -0.39 is 0 Å². The fraction of sp³-hybridized carbons (Fsp3) is 0.282. The van der Waals surface area contributed by atoms with E-state index in [2.05, 4.69) is 102 Å². The van der Waals surface area contributed by atoms with Crippen molar-refractivity contribution in [3.8, 4) is 6.07 Å². The van der Waals surface area contributed by atoms with E-state index in [0.29, 0.717) is 0 Å². The number of allylic oxidation sites excluding steroid dienone is 11. The van der Waals surface area contributed by atoms with Crippen LogP contribution in [0.3, 0.4) is 0 Å². The van der Waals surface area contributed by atoms with Crippen LogP contribution in [0.5, 0.6) is 0 Å². The summed E-state index contributed by atoms with van der Waals surface area (Å²) in [6.07, 6.45) is 20.4. The van der Waals surface area contributed by atoms with Crippen molar-refractivity contribution in [1.29, 1.82) is 5.26 Å². The van der Waals surface area contributed by atoms with Crippen molar-refractivity contribution in [2.75, 3.05) is 0 Å². The second-order valence-electron chi connectivity index (χ2n) is 12.8. The molecular formula is C39H35N3. The van der Waals surface area contributed by atoms with Crippen LogP contribution in [-0.2, 0) is 11.8 Å². The molecule has 5 aliphatic rings. The van der Waals surface area contributed by atoms with E-state index in [0.717, 1.165) is 50.5 Å². The molecule has 1 aromatic heterocycles. The predicted molar refractivity (Wildman–Crippen MR) is 174 cm³/mol. The topological polar surface area (TPSA) is 41.1 Å². The summed E-state index contributed by atoms with van der Waals surface area (Å²) in [5.41, 5.74) is 16.5. The number of benzene rings is 2. The minimum Gasteiger partial charge on any atom is -0.317 e. The molecule has 0 saturated carbocycles. The SMILES string of the molecule is CC1(C)C2=C(CCc3c2c2ccccc2n3C2=CC(C3=CC(C4CC=NC=C4C#N)=CCC3)=CCC2)c2ccccc21. The lowest BCUT2D eigenvalue weighted by Gasteiger charge is -2.29. The van der Waals surface area contributed by atoms with Gasteiger partial charge in [0.1, 0.15) is 0 Å². The molecular weight excluding hydrogens is 510 g/mol. The van der Waals surface area contributed by atoms with Gasteiger partial charge in [0.25, 0.3) is 0 Å². The van der Waals surface area contributed by atoms with Crippen LogP contribution in [-0.4, -0.2) is 10.8 Å². The Labute approximate surface area is 248 Å². The van der Waals surface area contributed by atoms with Gasteiger partial charge < -0.3 is 4.57 Å². The lowest BCUT2D eigenvalue weighted by atomic mass is 9.75. The van der Waals surface area contributed by atoms with Crippen LogP contribution >= 0.6 is 0 Å². The summed E-state index contributed by atoms with van der Waals surface area (Å²) in [5, 5.41) is 11.1. The first-order valence-corrected chi connectivity index (χ1v) is 15.5. The molecule has 2 heterocycles. The van der Waals surface area contributed by atoms with Crippen molar-refractivity contribution < 1.29 is 0 Å². The summed E-state index contributed by atoms with van der Waals surface area (Å²) in [5.74, 6) is 0.122. The van der Waals surface area contributed by atoms with Crippen molar-refractivity contribution in [2.24, 2.45) is 10.9 Å². The second kappa shape index (κ2) is 9.57. The summed E-state index contributed by atoms with van der Waals surface area (Å²) in [6, 6.07) is 20.5. The maximum atomic E-state index is 9.70. The van der Waals surface area contributed by atoms with Gasteiger partial charge in [0.2, 0.25) is 0 Å². The maximum Gasteiger partial charge on any atom is 0.0969 e. The molecule has 42 heavy (non-hydrogen) atoms. The Morgan fingerprint density at radius 1 is 0.929 bits per heavy atom. The Hall–Kier alpha value is -4.42. The van der Waals surface area contributed by atoms with Crippen molar-refractivity contribution in [2.45, 2.75) is 64.2 Å². The van der Waals surface area contributed by atoms with E-state index >= 15 is 0 Å². The number of fused-ring (bicyclic) bond motifs is 6. The highest BCUT2D eigenvalue weighted by molar-refractivity contribution is 6.10. The molecule has 8 rings (SSSR count). The third kappa shape index (κ3) is 3.68. The molecule has 0 N–H and O–H groups in total. The molecule has 1 unspecified atom stereocenters. The number of aliphatic imine (C=N–C) groups is 1. The van der Waals surface area contributed by atoms with Crippen LogP contribution in [0.1, 0.15) is 74.8 Å². The van der Waals surface area contributed by atoms with Gasteiger partial charge in [0.05, 0.1) is 17.2 Å². The quantitative estimate of drug-likeness (QED) is 0.323. The molecule has 0 spiro atoms. The first kappa shape index (κ1) is 25.3. The van der Waals surface area contributed by atoms with E-state index in [9.17, 15) is 5.26 Å². The van der Waals surface area contributed by atoms with E-state index in [1.165, 1.54) is 61.3 Å². The number of nitriles is 1. The Bertz CT molecular complexity index is 1940. The van der Waals surface area contributed by atoms with Crippen LogP contribution in [0.4, 0.5) is 0 Å².